The highest BCUT2D eigenvalue weighted by Gasteiger charge is 2.43. The molecule has 2 atom stereocenters. The molecule has 74 valence electrons. The molecule has 1 heterocycles. The molecule has 0 N–H and O–H groups in total. The number of fused-ring (bicyclic) bond motifs is 3. The molecule has 3 rings (SSSR count). The third-order valence-electron chi connectivity index (χ3n) is 3.51. The fourth-order valence-electron chi connectivity index (χ4n) is 2.83. The minimum absolute atomic E-state index is 0.154. The van der Waals surface area contributed by atoms with Gasteiger partial charge in [-0.2, -0.15) is 5.26 Å². The van der Waals surface area contributed by atoms with Crippen molar-refractivity contribution in [2.45, 2.75) is 25.2 Å². The number of ketones is 1. The third-order valence-corrected chi connectivity index (χ3v) is 3.51. The van der Waals surface area contributed by atoms with Crippen LogP contribution < -0.4 is 0 Å². The quantitative estimate of drug-likeness (QED) is 0.641. The zero-order valence-corrected chi connectivity index (χ0v) is 8.23. The van der Waals surface area contributed by atoms with Crippen molar-refractivity contribution in [1.29, 1.82) is 5.26 Å². The number of pyridine rings is 1. The van der Waals surface area contributed by atoms with Crippen LogP contribution in [0.2, 0.25) is 0 Å². The van der Waals surface area contributed by atoms with Gasteiger partial charge in [-0.15, -0.1) is 0 Å². The minimum atomic E-state index is 0.154. The molecule has 15 heavy (non-hydrogen) atoms. The Morgan fingerprint density at radius 2 is 2.13 bits per heavy atom. The van der Waals surface area contributed by atoms with Crippen molar-refractivity contribution in [3.8, 4) is 6.07 Å². The van der Waals surface area contributed by atoms with Gasteiger partial charge in [-0.25, -0.2) is 4.98 Å². The molecule has 2 aliphatic carbocycles. The first kappa shape index (κ1) is 8.60. The molecule has 1 saturated carbocycles. The number of aromatic nitrogens is 1. The lowest BCUT2D eigenvalue weighted by molar-refractivity contribution is 0.0932. The fraction of sp³-hybridized carbons (Fsp3) is 0.417. The van der Waals surface area contributed by atoms with E-state index in [-0.39, 0.29) is 11.7 Å². The Bertz CT molecular complexity index is 487. The van der Waals surface area contributed by atoms with Crippen LogP contribution in [0, 0.1) is 17.2 Å². The molecule has 2 aliphatic rings. The Morgan fingerprint density at radius 1 is 1.33 bits per heavy atom. The molecule has 0 radical (unpaired) electrons. The molecule has 0 aliphatic heterocycles. The first-order valence-electron chi connectivity index (χ1n) is 5.26. The average molecular weight is 198 g/mol. The highest BCUT2D eigenvalue weighted by molar-refractivity contribution is 6.02. The van der Waals surface area contributed by atoms with E-state index in [9.17, 15) is 4.79 Å². The van der Waals surface area contributed by atoms with E-state index in [1.54, 1.807) is 12.1 Å². The van der Waals surface area contributed by atoms with Gasteiger partial charge < -0.3 is 0 Å². The van der Waals surface area contributed by atoms with Crippen molar-refractivity contribution in [2.24, 2.45) is 5.92 Å². The zero-order valence-electron chi connectivity index (χ0n) is 8.23. The van der Waals surface area contributed by atoms with Crippen LogP contribution in [0.1, 0.15) is 46.9 Å². The van der Waals surface area contributed by atoms with Crippen molar-refractivity contribution in [2.75, 3.05) is 0 Å². The number of carbonyl (C=O) groups excluding carboxylic acids is 1. The van der Waals surface area contributed by atoms with Gasteiger partial charge >= 0.3 is 0 Å². The summed E-state index contributed by atoms with van der Waals surface area (Å²) in [6, 6.07) is 5.43. The summed E-state index contributed by atoms with van der Waals surface area (Å²) in [5.41, 5.74) is 2.05. The first-order valence-corrected chi connectivity index (χ1v) is 5.26. The molecule has 3 heteroatoms. The normalized spacial score (nSPS) is 27.3. The Hall–Kier alpha value is -1.69. The van der Waals surface area contributed by atoms with Crippen LogP contribution in [-0.4, -0.2) is 10.8 Å². The number of hydrogen-bond acceptors (Lipinski definition) is 3. The van der Waals surface area contributed by atoms with Crippen molar-refractivity contribution >= 4 is 5.78 Å². The van der Waals surface area contributed by atoms with E-state index >= 15 is 0 Å². The third kappa shape index (κ3) is 1.05. The van der Waals surface area contributed by atoms with Crippen molar-refractivity contribution in [1.82, 2.24) is 4.98 Å². The summed E-state index contributed by atoms with van der Waals surface area (Å²) in [6.07, 6.45) is 3.14. The highest BCUT2D eigenvalue weighted by atomic mass is 16.1. The van der Waals surface area contributed by atoms with Crippen LogP contribution in [0.15, 0.2) is 12.1 Å². The molecule has 1 aromatic heterocycles. The van der Waals surface area contributed by atoms with Crippen LogP contribution in [0.3, 0.4) is 0 Å². The number of nitriles is 1. The van der Waals surface area contributed by atoms with Gasteiger partial charge in [0.05, 0.1) is 5.69 Å². The average Bonchev–Trinajstić information content (AvgIpc) is 2.83. The summed E-state index contributed by atoms with van der Waals surface area (Å²) >= 11 is 0. The number of hydrogen-bond donors (Lipinski definition) is 0. The van der Waals surface area contributed by atoms with Gasteiger partial charge in [0.15, 0.2) is 5.78 Å². The molecular weight excluding hydrogens is 188 g/mol. The van der Waals surface area contributed by atoms with E-state index in [1.165, 1.54) is 0 Å². The van der Waals surface area contributed by atoms with Gasteiger partial charge in [0.1, 0.15) is 11.8 Å². The molecule has 3 nitrogen and oxygen atoms in total. The molecule has 0 amide bonds. The van der Waals surface area contributed by atoms with Gasteiger partial charge in [-0.05, 0) is 25.0 Å². The molecule has 2 unspecified atom stereocenters. The topological polar surface area (TPSA) is 53.8 Å². The van der Waals surface area contributed by atoms with Gasteiger partial charge in [0.2, 0.25) is 0 Å². The Kier molecular flexibility index (Phi) is 1.66. The summed E-state index contributed by atoms with van der Waals surface area (Å²) in [4.78, 5) is 16.2. The molecule has 0 bridgehead atoms. The number of Topliss-reactive ketones (excluding diaryl/α,β-unsaturated/α-hetero) is 1. The number of carbonyl (C=O) groups is 1. The van der Waals surface area contributed by atoms with Crippen molar-refractivity contribution < 1.29 is 4.79 Å². The second-order valence-corrected chi connectivity index (χ2v) is 4.25. The second-order valence-electron chi connectivity index (χ2n) is 4.25. The van der Waals surface area contributed by atoms with Crippen LogP contribution in [0.25, 0.3) is 0 Å². The maximum absolute atomic E-state index is 12.0. The Morgan fingerprint density at radius 3 is 2.93 bits per heavy atom. The SMILES string of the molecule is N#Cc1ccc2c(n1)C1CCCC1C2=O. The van der Waals surface area contributed by atoms with E-state index in [2.05, 4.69) is 4.98 Å². The van der Waals surface area contributed by atoms with Crippen LogP contribution in [-0.2, 0) is 0 Å². The van der Waals surface area contributed by atoms with E-state index in [1.807, 2.05) is 6.07 Å². The van der Waals surface area contributed by atoms with Gasteiger partial charge in [0, 0.05) is 17.4 Å². The summed E-state index contributed by atoms with van der Waals surface area (Å²) < 4.78 is 0. The summed E-state index contributed by atoms with van der Waals surface area (Å²) in [7, 11) is 0. The Balaban J connectivity index is 2.17. The second kappa shape index (κ2) is 2.90. The largest absolute Gasteiger partial charge is 0.294 e. The Labute approximate surface area is 87.7 Å². The maximum Gasteiger partial charge on any atom is 0.168 e. The molecule has 0 aromatic carbocycles. The first-order chi connectivity index (χ1) is 7.31. The highest BCUT2D eigenvalue weighted by Crippen LogP contribution is 2.47. The zero-order chi connectivity index (χ0) is 10.4. The van der Waals surface area contributed by atoms with E-state index in [4.69, 9.17) is 5.26 Å². The van der Waals surface area contributed by atoms with E-state index in [0.29, 0.717) is 11.6 Å². The lowest BCUT2D eigenvalue weighted by Gasteiger charge is -2.06. The molecule has 1 aromatic rings. The van der Waals surface area contributed by atoms with Crippen LogP contribution in [0.4, 0.5) is 0 Å². The summed E-state index contributed by atoms with van der Waals surface area (Å²) in [5, 5.41) is 8.78. The minimum Gasteiger partial charge on any atom is -0.294 e. The maximum atomic E-state index is 12.0. The predicted molar refractivity (Wildman–Crippen MR) is 53.4 cm³/mol. The van der Waals surface area contributed by atoms with E-state index < -0.39 is 0 Å². The molecular formula is C12H10N2O. The van der Waals surface area contributed by atoms with Gasteiger partial charge in [-0.3, -0.25) is 4.79 Å². The smallest absolute Gasteiger partial charge is 0.168 e. The molecule has 1 fully saturated rings. The summed E-state index contributed by atoms with van der Waals surface area (Å²) in [5.74, 6) is 0.687. The number of rotatable bonds is 0. The van der Waals surface area contributed by atoms with Gasteiger partial charge in [-0.1, -0.05) is 6.42 Å². The van der Waals surface area contributed by atoms with E-state index in [0.717, 1.165) is 30.5 Å². The predicted octanol–water partition coefficient (Wildman–Crippen LogP) is 2.03. The molecule has 0 saturated heterocycles. The monoisotopic (exact) mass is 198 g/mol. The lowest BCUT2D eigenvalue weighted by atomic mass is 9.99. The number of nitrogens with zero attached hydrogens (tertiary/aromatic N) is 2. The summed E-state index contributed by atoms with van der Waals surface area (Å²) in [6.45, 7) is 0. The van der Waals surface area contributed by atoms with Crippen LogP contribution in [0.5, 0.6) is 0 Å². The fourth-order valence-corrected chi connectivity index (χ4v) is 2.83. The lowest BCUT2D eigenvalue weighted by Crippen LogP contribution is -2.06. The van der Waals surface area contributed by atoms with Gasteiger partial charge in [0.25, 0.3) is 0 Å². The molecule has 0 spiro atoms. The van der Waals surface area contributed by atoms with Crippen molar-refractivity contribution in [3.05, 3.63) is 29.1 Å². The van der Waals surface area contributed by atoms with Crippen molar-refractivity contribution in [3.63, 3.8) is 0 Å². The van der Waals surface area contributed by atoms with Crippen LogP contribution >= 0.6 is 0 Å². The standard InChI is InChI=1S/C12H10N2O/c13-6-7-4-5-10-11(14-7)8-2-1-3-9(8)12(10)15/h4-5,8-9H,1-3H2.